The number of aliphatic hydroxyl groups is 1. The molecule has 0 aliphatic carbocycles. The van der Waals surface area contributed by atoms with Crippen molar-refractivity contribution in [3.8, 4) is 0 Å². The van der Waals surface area contributed by atoms with Gasteiger partial charge in [0.1, 0.15) is 0 Å². The fraction of sp³-hybridized carbons (Fsp3) is 0.400. The van der Waals surface area contributed by atoms with Crippen LogP contribution in [0.15, 0.2) is 23.5 Å². The molecule has 0 radical (unpaired) electrons. The van der Waals surface area contributed by atoms with E-state index in [-0.39, 0.29) is 11.1 Å². The Morgan fingerprint density at radius 2 is 2.12 bits per heavy atom. The van der Waals surface area contributed by atoms with E-state index in [0.29, 0.717) is 0 Å². The number of allylic oxidation sites excluding steroid dienone is 1. The lowest BCUT2D eigenvalue weighted by atomic mass is 9.86. The predicted octanol–water partition coefficient (Wildman–Crippen LogP) is 0.341. The third-order valence-corrected chi connectivity index (χ3v) is 2.35. The van der Waals surface area contributed by atoms with Gasteiger partial charge in [0.15, 0.2) is 0 Å². The maximum absolute atomic E-state index is 10.9. The predicted molar refractivity (Wildman–Crippen MR) is 52.3 cm³/mol. The highest BCUT2D eigenvalue weighted by Gasteiger charge is 2.34. The first-order chi connectivity index (χ1) is 7.47. The molecule has 3 N–H and O–H groups in total. The second-order valence-corrected chi connectivity index (χ2v) is 3.31. The van der Waals surface area contributed by atoms with Crippen molar-refractivity contribution >= 4 is 11.9 Å². The van der Waals surface area contributed by atoms with Gasteiger partial charge in [0.25, 0.3) is 0 Å². The number of carboxylic acids is 2. The van der Waals surface area contributed by atoms with Crippen molar-refractivity contribution in [1.29, 1.82) is 0 Å². The summed E-state index contributed by atoms with van der Waals surface area (Å²) in [5, 5.41) is 27.0. The SMILES string of the molecule is C/C=C1\C(CC(=O)O)C(C(=O)O)=CO[C@H]1O. The Kier molecular flexibility index (Phi) is 3.68. The summed E-state index contributed by atoms with van der Waals surface area (Å²) in [5.74, 6) is -3.24. The van der Waals surface area contributed by atoms with E-state index < -0.39 is 30.6 Å². The minimum absolute atomic E-state index is 0.166. The summed E-state index contributed by atoms with van der Waals surface area (Å²) in [4.78, 5) is 21.5. The van der Waals surface area contributed by atoms with Gasteiger partial charge in [-0.2, -0.15) is 0 Å². The van der Waals surface area contributed by atoms with Gasteiger partial charge in [-0.05, 0) is 6.92 Å². The summed E-state index contributed by atoms with van der Waals surface area (Å²) in [5.41, 5.74) is 0.0862. The molecule has 0 aromatic heterocycles. The Hall–Kier alpha value is -1.82. The van der Waals surface area contributed by atoms with Crippen LogP contribution in [0.1, 0.15) is 13.3 Å². The Morgan fingerprint density at radius 1 is 1.50 bits per heavy atom. The molecule has 16 heavy (non-hydrogen) atoms. The Bertz CT molecular complexity index is 368. The molecule has 1 aliphatic heterocycles. The number of rotatable bonds is 3. The first-order valence-electron chi connectivity index (χ1n) is 4.62. The minimum atomic E-state index is -1.28. The molecule has 6 nitrogen and oxygen atoms in total. The summed E-state index contributed by atoms with van der Waals surface area (Å²) >= 11 is 0. The van der Waals surface area contributed by atoms with Gasteiger partial charge in [-0.3, -0.25) is 4.79 Å². The second kappa shape index (κ2) is 4.80. The van der Waals surface area contributed by atoms with E-state index >= 15 is 0 Å². The van der Waals surface area contributed by atoms with Gasteiger partial charge in [-0.25, -0.2) is 4.79 Å². The monoisotopic (exact) mass is 228 g/mol. The van der Waals surface area contributed by atoms with E-state index in [1.54, 1.807) is 6.92 Å². The fourth-order valence-corrected chi connectivity index (χ4v) is 1.60. The zero-order chi connectivity index (χ0) is 12.3. The van der Waals surface area contributed by atoms with Crippen LogP contribution in [0.2, 0.25) is 0 Å². The molecule has 0 saturated heterocycles. The van der Waals surface area contributed by atoms with Gasteiger partial charge >= 0.3 is 11.9 Å². The normalized spacial score (nSPS) is 27.1. The van der Waals surface area contributed by atoms with Crippen LogP contribution < -0.4 is 0 Å². The average molecular weight is 228 g/mol. The molecule has 0 aromatic rings. The lowest BCUT2D eigenvalue weighted by molar-refractivity contribution is -0.138. The first-order valence-corrected chi connectivity index (χ1v) is 4.62. The van der Waals surface area contributed by atoms with Crippen LogP contribution in [0.5, 0.6) is 0 Å². The molecule has 2 atom stereocenters. The number of aliphatic hydroxyl groups excluding tert-OH is 1. The summed E-state index contributed by atoms with van der Waals surface area (Å²) in [6, 6.07) is 0. The van der Waals surface area contributed by atoms with Crippen molar-refractivity contribution in [1.82, 2.24) is 0 Å². The van der Waals surface area contributed by atoms with Crippen LogP contribution in [0.4, 0.5) is 0 Å². The van der Waals surface area contributed by atoms with Crippen LogP contribution in [-0.2, 0) is 14.3 Å². The standard InChI is InChI=1S/C10H12O6/c1-2-5-6(3-8(11)12)7(9(13)14)4-16-10(5)15/h2,4,6,10,15H,3H2,1H3,(H,11,12)(H,13,14)/b5-2+/t6?,10-/m1/s1. The molecule has 6 heteroatoms. The molecule has 0 aromatic carbocycles. The molecule has 1 heterocycles. The van der Waals surface area contributed by atoms with Crippen molar-refractivity contribution in [2.45, 2.75) is 19.6 Å². The molecular formula is C10H12O6. The van der Waals surface area contributed by atoms with E-state index in [0.717, 1.165) is 6.26 Å². The number of carbonyl (C=O) groups is 2. The van der Waals surface area contributed by atoms with Crippen molar-refractivity contribution in [3.63, 3.8) is 0 Å². The molecule has 0 bridgehead atoms. The van der Waals surface area contributed by atoms with E-state index in [4.69, 9.17) is 14.9 Å². The molecule has 1 aliphatic rings. The molecule has 88 valence electrons. The molecule has 1 rings (SSSR count). The van der Waals surface area contributed by atoms with E-state index in [2.05, 4.69) is 0 Å². The van der Waals surface area contributed by atoms with Crippen LogP contribution in [0.3, 0.4) is 0 Å². The maximum Gasteiger partial charge on any atom is 0.335 e. The lowest BCUT2D eigenvalue weighted by Crippen LogP contribution is -2.30. The number of carboxylic acid groups (broad SMARTS) is 2. The first kappa shape index (κ1) is 12.3. The summed E-state index contributed by atoms with van der Waals surface area (Å²) < 4.78 is 4.72. The Labute approximate surface area is 91.5 Å². The zero-order valence-electron chi connectivity index (χ0n) is 8.58. The molecular weight excluding hydrogens is 216 g/mol. The van der Waals surface area contributed by atoms with Gasteiger partial charge in [0.05, 0.1) is 18.3 Å². The molecule has 0 saturated carbocycles. The molecule has 0 spiro atoms. The highest BCUT2D eigenvalue weighted by Crippen LogP contribution is 2.31. The number of ether oxygens (including phenoxy) is 1. The van der Waals surface area contributed by atoms with E-state index in [9.17, 15) is 14.7 Å². The van der Waals surface area contributed by atoms with Gasteiger partial charge in [-0.1, -0.05) is 6.08 Å². The van der Waals surface area contributed by atoms with Crippen LogP contribution in [-0.4, -0.2) is 33.5 Å². The number of aliphatic carboxylic acids is 2. The quantitative estimate of drug-likeness (QED) is 0.602. The highest BCUT2D eigenvalue weighted by atomic mass is 16.6. The van der Waals surface area contributed by atoms with Crippen LogP contribution in [0, 0.1) is 5.92 Å². The minimum Gasteiger partial charge on any atom is -0.481 e. The third kappa shape index (κ3) is 2.40. The summed E-state index contributed by atoms with van der Waals surface area (Å²) in [6.07, 6.45) is 0.692. The topological polar surface area (TPSA) is 104 Å². The average Bonchev–Trinajstić information content (AvgIpc) is 2.16. The molecule has 1 unspecified atom stereocenters. The lowest BCUT2D eigenvalue weighted by Gasteiger charge is -2.27. The highest BCUT2D eigenvalue weighted by molar-refractivity contribution is 5.89. The number of hydrogen-bond donors (Lipinski definition) is 3. The smallest absolute Gasteiger partial charge is 0.335 e. The Balaban J connectivity index is 3.09. The molecule has 0 fully saturated rings. The summed E-state index contributed by atoms with van der Waals surface area (Å²) in [6.45, 7) is 1.58. The molecule has 0 amide bonds. The van der Waals surface area contributed by atoms with Gasteiger partial charge in [-0.15, -0.1) is 0 Å². The Morgan fingerprint density at radius 3 is 2.56 bits per heavy atom. The van der Waals surface area contributed by atoms with Crippen molar-refractivity contribution in [2.75, 3.05) is 0 Å². The second-order valence-electron chi connectivity index (χ2n) is 3.31. The van der Waals surface area contributed by atoms with Gasteiger partial charge in [0.2, 0.25) is 6.29 Å². The van der Waals surface area contributed by atoms with Crippen molar-refractivity contribution in [3.05, 3.63) is 23.5 Å². The van der Waals surface area contributed by atoms with Crippen molar-refractivity contribution in [2.24, 2.45) is 5.92 Å². The largest absolute Gasteiger partial charge is 0.481 e. The van der Waals surface area contributed by atoms with Crippen LogP contribution in [0.25, 0.3) is 0 Å². The summed E-state index contributed by atoms with van der Waals surface area (Å²) in [7, 11) is 0. The number of hydrogen-bond acceptors (Lipinski definition) is 4. The third-order valence-electron chi connectivity index (χ3n) is 2.35. The fourth-order valence-electron chi connectivity index (χ4n) is 1.60. The van der Waals surface area contributed by atoms with Crippen molar-refractivity contribution < 1.29 is 29.6 Å². The van der Waals surface area contributed by atoms with Crippen LogP contribution >= 0.6 is 0 Å². The zero-order valence-corrected chi connectivity index (χ0v) is 8.58. The van der Waals surface area contributed by atoms with Gasteiger partial charge in [0, 0.05) is 11.5 Å². The van der Waals surface area contributed by atoms with E-state index in [1.807, 2.05) is 0 Å². The maximum atomic E-state index is 10.9. The van der Waals surface area contributed by atoms with Gasteiger partial charge < -0.3 is 20.1 Å². The van der Waals surface area contributed by atoms with E-state index in [1.165, 1.54) is 6.08 Å².